The molecule has 1 aliphatic carbocycles. The van der Waals surface area contributed by atoms with Crippen molar-refractivity contribution < 1.29 is 4.74 Å². The molecule has 1 aromatic rings. The molecule has 1 saturated carbocycles. The summed E-state index contributed by atoms with van der Waals surface area (Å²) in [5.41, 5.74) is 1.71. The van der Waals surface area contributed by atoms with Crippen LogP contribution in [0.3, 0.4) is 0 Å². The molecule has 1 aromatic heterocycles. The van der Waals surface area contributed by atoms with E-state index in [1.807, 2.05) is 11.3 Å². The maximum absolute atomic E-state index is 5.95. The first-order valence-electron chi connectivity index (χ1n) is 6.98. The van der Waals surface area contributed by atoms with E-state index in [4.69, 9.17) is 4.74 Å². The van der Waals surface area contributed by atoms with Crippen LogP contribution in [0.25, 0.3) is 0 Å². The van der Waals surface area contributed by atoms with Gasteiger partial charge in [-0.15, -0.1) is 11.3 Å². The fourth-order valence-electron chi connectivity index (χ4n) is 3.72. The lowest BCUT2D eigenvalue weighted by Crippen LogP contribution is -2.69. The van der Waals surface area contributed by atoms with Crippen LogP contribution in [0.15, 0.2) is 11.4 Å². The molecule has 0 bridgehead atoms. The van der Waals surface area contributed by atoms with Crippen molar-refractivity contribution in [3.05, 3.63) is 21.9 Å². The molecular weight excluding hydrogens is 242 g/mol. The molecule has 3 heteroatoms. The number of aryl methyl sites for hydroxylation is 1. The van der Waals surface area contributed by atoms with Gasteiger partial charge in [0.25, 0.3) is 0 Å². The highest BCUT2D eigenvalue weighted by Crippen LogP contribution is 2.51. The second-order valence-electron chi connectivity index (χ2n) is 6.30. The summed E-state index contributed by atoms with van der Waals surface area (Å²) < 4.78 is 5.95. The normalized spacial score (nSPS) is 33.8. The van der Waals surface area contributed by atoms with Gasteiger partial charge in [0.2, 0.25) is 0 Å². The standard InChI is InChI=1S/C15H23NOS/c1-10-6-8-18-12(10)9-16-13-11-5-4-7-17-14(11)15(13,2)3/h6,8,11,13-14,16H,4-5,7,9H2,1-3H3. The van der Waals surface area contributed by atoms with Crippen LogP contribution in [-0.4, -0.2) is 18.8 Å². The first kappa shape index (κ1) is 12.6. The fraction of sp³-hybridized carbons (Fsp3) is 0.733. The highest BCUT2D eigenvalue weighted by molar-refractivity contribution is 7.10. The molecule has 2 fully saturated rings. The largest absolute Gasteiger partial charge is 0.377 e. The van der Waals surface area contributed by atoms with Crippen LogP contribution in [0, 0.1) is 18.3 Å². The van der Waals surface area contributed by atoms with E-state index in [9.17, 15) is 0 Å². The van der Waals surface area contributed by atoms with Crippen LogP contribution >= 0.6 is 11.3 Å². The van der Waals surface area contributed by atoms with Gasteiger partial charge in [-0.2, -0.15) is 0 Å². The van der Waals surface area contributed by atoms with E-state index in [1.165, 1.54) is 23.3 Å². The topological polar surface area (TPSA) is 21.3 Å². The molecular formula is C15H23NOS. The van der Waals surface area contributed by atoms with E-state index in [-0.39, 0.29) is 5.41 Å². The molecule has 100 valence electrons. The van der Waals surface area contributed by atoms with E-state index >= 15 is 0 Å². The quantitative estimate of drug-likeness (QED) is 0.905. The van der Waals surface area contributed by atoms with E-state index in [2.05, 4.69) is 37.5 Å². The van der Waals surface area contributed by atoms with Crippen LogP contribution in [-0.2, 0) is 11.3 Å². The summed E-state index contributed by atoms with van der Waals surface area (Å²) in [5.74, 6) is 0.731. The number of thiophene rings is 1. The minimum atomic E-state index is 0.288. The van der Waals surface area contributed by atoms with Crippen LogP contribution in [0.4, 0.5) is 0 Å². The van der Waals surface area contributed by atoms with Crippen LogP contribution < -0.4 is 5.32 Å². The zero-order valence-corrected chi connectivity index (χ0v) is 12.3. The zero-order chi connectivity index (χ0) is 12.8. The second kappa shape index (κ2) is 4.62. The first-order chi connectivity index (χ1) is 8.60. The maximum atomic E-state index is 5.95. The van der Waals surface area contributed by atoms with Gasteiger partial charge in [0.05, 0.1) is 6.10 Å². The molecule has 3 rings (SSSR count). The van der Waals surface area contributed by atoms with Gasteiger partial charge < -0.3 is 10.1 Å². The Morgan fingerprint density at radius 1 is 1.50 bits per heavy atom. The average Bonchev–Trinajstić information content (AvgIpc) is 2.75. The lowest BCUT2D eigenvalue weighted by molar-refractivity contribution is -0.192. The van der Waals surface area contributed by atoms with Crippen molar-refractivity contribution in [3.63, 3.8) is 0 Å². The summed E-state index contributed by atoms with van der Waals surface area (Å²) in [6, 6.07) is 2.82. The third-order valence-corrected chi connectivity index (χ3v) is 5.80. The molecule has 3 atom stereocenters. The summed E-state index contributed by atoms with van der Waals surface area (Å²) in [4.78, 5) is 1.48. The summed E-state index contributed by atoms with van der Waals surface area (Å²) in [6.07, 6.45) is 3.04. The minimum absolute atomic E-state index is 0.288. The average molecular weight is 265 g/mol. The Bertz CT molecular complexity index is 426. The Morgan fingerprint density at radius 3 is 3.06 bits per heavy atom. The number of hydrogen-bond donors (Lipinski definition) is 1. The van der Waals surface area contributed by atoms with E-state index in [1.54, 1.807) is 0 Å². The number of ether oxygens (including phenoxy) is 1. The smallest absolute Gasteiger partial charge is 0.0684 e. The Labute approximate surface area is 114 Å². The highest BCUT2D eigenvalue weighted by atomic mass is 32.1. The number of fused-ring (bicyclic) bond motifs is 1. The Hall–Kier alpha value is -0.380. The third-order valence-electron chi connectivity index (χ3n) is 4.78. The summed E-state index contributed by atoms with van der Waals surface area (Å²) >= 11 is 1.86. The summed E-state index contributed by atoms with van der Waals surface area (Å²) in [7, 11) is 0. The molecule has 1 N–H and O–H groups in total. The van der Waals surface area contributed by atoms with E-state index in [0.29, 0.717) is 12.1 Å². The molecule has 1 saturated heterocycles. The minimum Gasteiger partial charge on any atom is -0.377 e. The van der Waals surface area contributed by atoms with Crippen LogP contribution in [0.1, 0.15) is 37.1 Å². The molecule has 0 radical (unpaired) electrons. The number of hydrogen-bond acceptors (Lipinski definition) is 3. The van der Waals surface area contributed by atoms with E-state index in [0.717, 1.165) is 19.1 Å². The molecule has 3 unspecified atom stereocenters. The predicted molar refractivity (Wildman–Crippen MR) is 75.9 cm³/mol. The van der Waals surface area contributed by atoms with Crippen molar-refractivity contribution in [3.8, 4) is 0 Å². The van der Waals surface area contributed by atoms with E-state index < -0.39 is 0 Å². The van der Waals surface area contributed by atoms with Crippen molar-refractivity contribution in [2.75, 3.05) is 6.61 Å². The Balaban J connectivity index is 1.64. The van der Waals surface area contributed by atoms with Crippen LogP contribution in [0.2, 0.25) is 0 Å². The van der Waals surface area contributed by atoms with Gasteiger partial charge in [-0.05, 0) is 36.8 Å². The van der Waals surface area contributed by atoms with Gasteiger partial charge in [-0.3, -0.25) is 0 Å². The van der Waals surface area contributed by atoms with Gasteiger partial charge in [-0.25, -0.2) is 0 Å². The molecule has 2 heterocycles. The molecule has 2 aliphatic rings. The van der Waals surface area contributed by atoms with Crippen molar-refractivity contribution in [1.29, 1.82) is 0 Å². The number of nitrogens with one attached hydrogen (secondary N) is 1. The van der Waals surface area contributed by atoms with Crippen molar-refractivity contribution in [2.45, 2.75) is 52.3 Å². The fourth-order valence-corrected chi connectivity index (χ4v) is 4.58. The summed E-state index contributed by atoms with van der Waals surface area (Å²) in [5, 5.41) is 5.97. The van der Waals surface area contributed by atoms with Crippen molar-refractivity contribution >= 4 is 11.3 Å². The SMILES string of the molecule is Cc1ccsc1CNC1C2CCCOC2C1(C)C. The molecule has 0 amide bonds. The molecule has 18 heavy (non-hydrogen) atoms. The maximum Gasteiger partial charge on any atom is 0.0684 e. The van der Waals surface area contributed by atoms with Gasteiger partial charge in [-0.1, -0.05) is 13.8 Å². The first-order valence-corrected chi connectivity index (χ1v) is 7.86. The van der Waals surface area contributed by atoms with Gasteiger partial charge >= 0.3 is 0 Å². The van der Waals surface area contributed by atoms with Crippen LogP contribution in [0.5, 0.6) is 0 Å². The van der Waals surface area contributed by atoms with Gasteiger partial charge in [0.15, 0.2) is 0 Å². The van der Waals surface area contributed by atoms with Crippen molar-refractivity contribution in [1.82, 2.24) is 5.32 Å². The lowest BCUT2D eigenvalue weighted by Gasteiger charge is -2.60. The molecule has 2 nitrogen and oxygen atoms in total. The Kier molecular flexibility index (Phi) is 3.25. The monoisotopic (exact) mass is 265 g/mol. The Morgan fingerprint density at radius 2 is 2.33 bits per heavy atom. The van der Waals surface area contributed by atoms with Gasteiger partial charge in [0.1, 0.15) is 0 Å². The molecule has 0 spiro atoms. The predicted octanol–water partition coefficient (Wildman–Crippen LogP) is 3.35. The second-order valence-corrected chi connectivity index (χ2v) is 7.30. The third kappa shape index (κ3) is 1.93. The molecule has 0 aromatic carbocycles. The van der Waals surface area contributed by atoms with Gasteiger partial charge in [0, 0.05) is 35.4 Å². The number of rotatable bonds is 3. The molecule has 1 aliphatic heterocycles. The van der Waals surface area contributed by atoms with Crippen molar-refractivity contribution in [2.24, 2.45) is 11.3 Å². The summed E-state index contributed by atoms with van der Waals surface area (Å²) in [6.45, 7) is 8.87. The zero-order valence-electron chi connectivity index (χ0n) is 11.5. The lowest BCUT2D eigenvalue weighted by atomic mass is 9.55. The highest BCUT2D eigenvalue weighted by Gasteiger charge is 2.57.